The van der Waals surface area contributed by atoms with Crippen molar-refractivity contribution in [1.82, 2.24) is 5.32 Å². The number of rotatable bonds is 5. The number of hydrogen-bond donors (Lipinski definition) is 1. The Kier molecular flexibility index (Phi) is 4.05. The van der Waals surface area contributed by atoms with Gasteiger partial charge in [-0.15, -0.1) is 22.7 Å². The summed E-state index contributed by atoms with van der Waals surface area (Å²) in [5.41, 5.74) is 1.24. The van der Waals surface area contributed by atoms with Gasteiger partial charge in [0.25, 0.3) is 0 Å². The van der Waals surface area contributed by atoms with E-state index in [9.17, 15) is 0 Å². The fourth-order valence-corrected chi connectivity index (χ4v) is 4.62. The van der Waals surface area contributed by atoms with Crippen LogP contribution in [0.2, 0.25) is 0 Å². The van der Waals surface area contributed by atoms with E-state index in [2.05, 4.69) is 35.0 Å². The standard InChI is InChI=1S/C16H17NOS2/c1-17-12(9-11-5-3-4-6-13(11)18-2)15-10-16-14(20-15)7-8-19-16/h3-8,10,12,17H,9H2,1-2H3. The lowest BCUT2D eigenvalue weighted by atomic mass is 10.0. The van der Waals surface area contributed by atoms with Crippen molar-refractivity contribution in [3.63, 3.8) is 0 Å². The quantitative estimate of drug-likeness (QED) is 0.750. The van der Waals surface area contributed by atoms with Crippen LogP contribution in [0.15, 0.2) is 41.8 Å². The van der Waals surface area contributed by atoms with Crippen LogP contribution in [0.25, 0.3) is 9.40 Å². The van der Waals surface area contributed by atoms with Gasteiger partial charge in [-0.25, -0.2) is 0 Å². The van der Waals surface area contributed by atoms with Crippen LogP contribution in [0, 0.1) is 0 Å². The van der Waals surface area contributed by atoms with Crippen LogP contribution in [0.5, 0.6) is 5.75 Å². The first kappa shape index (κ1) is 13.6. The highest BCUT2D eigenvalue weighted by molar-refractivity contribution is 7.26. The van der Waals surface area contributed by atoms with Crippen molar-refractivity contribution in [2.24, 2.45) is 0 Å². The summed E-state index contributed by atoms with van der Waals surface area (Å²) in [6, 6.07) is 13.1. The van der Waals surface area contributed by atoms with Gasteiger partial charge in [0.2, 0.25) is 0 Å². The Balaban J connectivity index is 1.88. The van der Waals surface area contributed by atoms with Gasteiger partial charge in [-0.05, 0) is 42.6 Å². The van der Waals surface area contributed by atoms with Crippen LogP contribution in [0.4, 0.5) is 0 Å². The van der Waals surface area contributed by atoms with Crippen LogP contribution < -0.4 is 10.1 Å². The molecule has 2 nitrogen and oxygen atoms in total. The topological polar surface area (TPSA) is 21.3 Å². The first-order chi connectivity index (χ1) is 9.81. The molecule has 3 rings (SSSR count). The van der Waals surface area contributed by atoms with Crippen molar-refractivity contribution in [1.29, 1.82) is 0 Å². The predicted octanol–water partition coefficient (Wildman–Crippen LogP) is 4.47. The molecule has 0 fully saturated rings. The van der Waals surface area contributed by atoms with E-state index in [-0.39, 0.29) is 0 Å². The van der Waals surface area contributed by atoms with E-state index in [0.29, 0.717) is 6.04 Å². The minimum atomic E-state index is 0.330. The third-order valence-corrected chi connectivity index (χ3v) is 5.67. The maximum atomic E-state index is 5.45. The number of thiophene rings is 2. The predicted molar refractivity (Wildman–Crippen MR) is 88.2 cm³/mol. The van der Waals surface area contributed by atoms with E-state index < -0.39 is 0 Å². The highest BCUT2D eigenvalue weighted by atomic mass is 32.1. The average Bonchev–Trinajstić information content (AvgIpc) is 3.06. The van der Waals surface area contributed by atoms with Crippen LogP contribution in [-0.4, -0.2) is 14.2 Å². The van der Waals surface area contributed by atoms with Gasteiger partial charge in [0.1, 0.15) is 5.75 Å². The van der Waals surface area contributed by atoms with Gasteiger partial charge in [-0.3, -0.25) is 0 Å². The summed E-state index contributed by atoms with van der Waals surface area (Å²) in [6.45, 7) is 0. The summed E-state index contributed by atoms with van der Waals surface area (Å²) >= 11 is 3.68. The molecular weight excluding hydrogens is 286 g/mol. The van der Waals surface area contributed by atoms with Crippen molar-refractivity contribution >= 4 is 32.1 Å². The molecule has 3 aromatic rings. The zero-order valence-electron chi connectivity index (χ0n) is 11.6. The van der Waals surface area contributed by atoms with Gasteiger partial charge in [0.05, 0.1) is 7.11 Å². The van der Waals surface area contributed by atoms with E-state index in [1.54, 1.807) is 7.11 Å². The lowest BCUT2D eigenvalue weighted by Crippen LogP contribution is -2.18. The molecule has 0 aliphatic carbocycles. The van der Waals surface area contributed by atoms with Gasteiger partial charge in [-0.2, -0.15) is 0 Å². The molecule has 1 atom stereocenters. The average molecular weight is 303 g/mol. The minimum Gasteiger partial charge on any atom is -0.496 e. The molecule has 20 heavy (non-hydrogen) atoms. The maximum absolute atomic E-state index is 5.45. The summed E-state index contributed by atoms with van der Waals surface area (Å²) in [6.07, 6.45) is 0.939. The van der Waals surface area contributed by atoms with Crippen molar-refractivity contribution in [2.75, 3.05) is 14.2 Å². The van der Waals surface area contributed by atoms with E-state index in [4.69, 9.17) is 4.74 Å². The Morgan fingerprint density at radius 3 is 2.80 bits per heavy atom. The summed E-state index contributed by atoms with van der Waals surface area (Å²) in [7, 11) is 3.75. The molecule has 0 amide bonds. The second-order valence-corrected chi connectivity index (χ2v) is 6.72. The fraction of sp³-hybridized carbons (Fsp3) is 0.250. The van der Waals surface area contributed by atoms with E-state index in [1.165, 1.54) is 19.8 Å². The van der Waals surface area contributed by atoms with Crippen molar-refractivity contribution in [3.8, 4) is 5.75 Å². The molecule has 0 saturated heterocycles. The molecule has 1 N–H and O–H groups in total. The van der Waals surface area contributed by atoms with Gasteiger partial charge < -0.3 is 10.1 Å². The first-order valence-corrected chi connectivity index (χ1v) is 8.27. The Labute approximate surface area is 127 Å². The third kappa shape index (κ3) is 2.59. The Hall–Kier alpha value is -1.36. The number of hydrogen-bond acceptors (Lipinski definition) is 4. The molecule has 0 aliphatic heterocycles. The molecule has 0 saturated carbocycles. The lowest BCUT2D eigenvalue weighted by Gasteiger charge is -2.16. The molecule has 2 aromatic heterocycles. The normalized spacial score (nSPS) is 12.7. The van der Waals surface area contributed by atoms with Crippen LogP contribution in [-0.2, 0) is 6.42 Å². The zero-order chi connectivity index (χ0) is 13.9. The Bertz CT molecular complexity index is 673. The molecule has 0 aliphatic rings. The molecule has 104 valence electrons. The molecule has 0 radical (unpaired) electrons. The van der Waals surface area contributed by atoms with Gasteiger partial charge >= 0.3 is 0 Å². The summed E-state index contributed by atoms with van der Waals surface area (Å²) in [4.78, 5) is 1.39. The molecule has 0 spiro atoms. The molecule has 1 unspecified atom stereocenters. The first-order valence-electron chi connectivity index (χ1n) is 6.58. The molecule has 1 aromatic carbocycles. The number of methoxy groups -OCH3 is 1. The van der Waals surface area contributed by atoms with Crippen molar-refractivity contribution in [2.45, 2.75) is 12.5 Å². The zero-order valence-corrected chi connectivity index (χ0v) is 13.2. The van der Waals surface area contributed by atoms with Gasteiger partial charge in [-0.1, -0.05) is 18.2 Å². The lowest BCUT2D eigenvalue weighted by molar-refractivity contribution is 0.406. The number of nitrogens with one attached hydrogen (secondary N) is 1. The number of benzene rings is 1. The summed E-state index contributed by atoms with van der Waals surface area (Å²) in [5, 5.41) is 5.58. The summed E-state index contributed by atoms with van der Waals surface area (Å²) < 4.78 is 8.21. The Morgan fingerprint density at radius 1 is 1.20 bits per heavy atom. The number of ether oxygens (including phenoxy) is 1. The number of para-hydroxylation sites is 1. The molecule has 0 bridgehead atoms. The SMILES string of the molecule is CNC(Cc1ccccc1OC)c1cc2sccc2s1. The van der Waals surface area contributed by atoms with Crippen molar-refractivity contribution < 1.29 is 4.74 Å². The van der Waals surface area contributed by atoms with E-state index in [1.807, 2.05) is 41.9 Å². The molecular formula is C16H17NOS2. The van der Waals surface area contributed by atoms with Gasteiger partial charge in [0, 0.05) is 20.3 Å². The van der Waals surface area contributed by atoms with Crippen LogP contribution in [0.3, 0.4) is 0 Å². The second kappa shape index (κ2) is 5.95. The largest absolute Gasteiger partial charge is 0.496 e. The van der Waals surface area contributed by atoms with Crippen LogP contribution in [0.1, 0.15) is 16.5 Å². The van der Waals surface area contributed by atoms with E-state index >= 15 is 0 Å². The summed E-state index contributed by atoms with van der Waals surface area (Å²) in [5.74, 6) is 0.964. The molecule has 4 heteroatoms. The van der Waals surface area contributed by atoms with E-state index in [0.717, 1.165) is 12.2 Å². The highest BCUT2D eigenvalue weighted by Crippen LogP contribution is 2.35. The smallest absolute Gasteiger partial charge is 0.122 e. The minimum absolute atomic E-state index is 0.330. The third-order valence-electron chi connectivity index (χ3n) is 3.47. The maximum Gasteiger partial charge on any atom is 0.122 e. The number of likely N-dealkylation sites (N-methyl/N-ethyl adjacent to an activating group) is 1. The second-order valence-electron chi connectivity index (χ2n) is 4.66. The van der Waals surface area contributed by atoms with Gasteiger partial charge in [0.15, 0.2) is 0 Å². The Morgan fingerprint density at radius 2 is 2.05 bits per heavy atom. The monoisotopic (exact) mass is 303 g/mol. The molecule has 2 heterocycles. The fourth-order valence-electron chi connectivity index (χ4n) is 2.39. The highest BCUT2D eigenvalue weighted by Gasteiger charge is 2.15. The van der Waals surface area contributed by atoms with Crippen molar-refractivity contribution in [3.05, 3.63) is 52.2 Å². The van der Waals surface area contributed by atoms with Crippen LogP contribution >= 0.6 is 22.7 Å². The number of fused-ring (bicyclic) bond motifs is 1.